The third kappa shape index (κ3) is 4.16. The number of halogens is 1. The van der Waals surface area contributed by atoms with E-state index in [1.54, 1.807) is 37.5 Å². The molecule has 1 aromatic heterocycles. The van der Waals surface area contributed by atoms with Crippen LogP contribution in [0.15, 0.2) is 30.6 Å². The number of amides is 1. The highest BCUT2D eigenvalue weighted by Crippen LogP contribution is 2.34. The Morgan fingerprint density at radius 3 is 2.96 bits per heavy atom. The molecule has 5 nitrogen and oxygen atoms in total. The monoisotopic (exact) mass is 375 g/mol. The van der Waals surface area contributed by atoms with E-state index in [2.05, 4.69) is 16.6 Å². The number of ether oxygens (including phenoxy) is 1. The number of nitrogens with one attached hydrogen (secondary N) is 1. The lowest BCUT2D eigenvalue weighted by Crippen LogP contribution is -2.31. The Labute approximate surface area is 157 Å². The van der Waals surface area contributed by atoms with Crippen LogP contribution in [0.3, 0.4) is 0 Å². The molecule has 3 rings (SSSR count). The number of aryl methyl sites for hydroxylation is 1. The van der Waals surface area contributed by atoms with E-state index in [0.717, 1.165) is 17.9 Å². The van der Waals surface area contributed by atoms with Crippen LogP contribution < -0.4 is 14.4 Å². The van der Waals surface area contributed by atoms with Crippen molar-refractivity contribution in [3.63, 3.8) is 0 Å². The Hall–Kier alpha value is -2.12. The second-order valence-electron chi connectivity index (χ2n) is 6.00. The van der Waals surface area contributed by atoms with Gasteiger partial charge >= 0.3 is 0 Å². The lowest BCUT2D eigenvalue weighted by Gasteiger charge is -2.26. The number of pyridine rings is 1. The van der Waals surface area contributed by atoms with Crippen molar-refractivity contribution in [1.82, 2.24) is 9.71 Å². The Morgan fingerprint density at radius 1 is 1.31 bits per heavy atom. The minimum absolute atomic E-state index is 0.0107. The van der Waals surface area contributed by atoms with Gasteiger partial charge in [0.2, 0.25) is 5.91 Å². The minimum Gasteiger partial charge on any atom is -0.491 e. The van der Waals surface area contributed by atoms with Crippen molar-refractivity contribution in [2.24, 2.45) is 0 Å². The Kier molecular flexibility index (Phi) is 6.11. The topological polar surface area (TPSA) is 54.5 Å². The molecule has 0 spiro atoms. The number of anilines is 1. The van der Waals surface area contributed by atoms with Crippen LogP contribution in [0.2, 0.25) is 0 Å². The Bertz CT molecular complexity index is 800. The summed E-state index contributed by atoms with van der Waals surface area (Å²) in [5, 5.41) is 0. The van der Waals surface area contributed by atoms with Crippen LogP contribution in [-0.2, 0) is 11.2 Å². The maximum absolute atomic E-state index is 14.7. The first-order chi connectivity index (χ1) is 12.6. The molecule has 0 fully saturated rings. The van der Waals surface area contributed by atoms with Crippen molar-refractivity contribution in [2.45, 2.75) is 19.8 Å². The fraction of sp³-hybridized carbons (Fsp3) is 0.368. The highest BCUT2D eigenvalue weighted by molar-refractivity contribution is 7.97. The molecular weight excluding hydrogens is 353 g/mol. The van der Waals surface area contributed by atoms with E-state index in [-0.39, 0.29) is 11.7 Å². The lowest BCUT2D eigenvalue weighted by atomic mass is 9.96. The molecule has 26 heavy (non-hydrogen) atoms. The summed E-state index contributed by atoms with van der Waals surface area (Å²) >= 11 is 1.64. The van der Waals surface area contributed by atoms with Crippen LogP contribution in [0.25, 0.3) is 11.1 Å². The number of fused-ring (bicyclic) bond motifs is 1. The Balaban J connectivity index is 1.79. The van der Waals surface area contributed by atoms with E-state index < -0.39 is 0 Å². The van der Waals surface area contributed by atoms with Crippen LogP contribution in [0.5, 0.6) is 5.75 Å². The predicted molar refractivity (Wildman–Crippen MR) is 103 cm³/mol. The van der Waals surface area contributed by atoms with Crippen molar-refractivity contribution < 1.29 is 13.9 Å². The number of carbonyl (C=O) groups excluding carboxylic acids is 1. The molecule has 0 aliphatic carbocycles. The van der Waals surface area contributed by atoms with Crippen molar-refractivity contribution in [1.29, 1.82) is 0 Å². The van der Waals surface area contributed by atoms with Crippen LogP contribution >= 0.6 is 11.9 Å². The number of rotatable bonds is 7. The second-order valence-corrected chi connectivity index (χ2v) is 7.15. The van der Waals surface area contributed by atoms with Crippen molar-refractivity contribution in [3.8, 4) is 16.9 Å². The quantitative estimate of drug-likeness (QED) is 0.594. The van der Waals surface area contributed by atoms with Gasteiger partial charge < -0.3 is 9.64 Å². The molecule has 0 saturated carbocycles. The maximum Gasteiger partial charge on any atom is 0.227 e. The van der Waals surface area contributed by atoms with E-state index in [9.17, 15) is 9.18 Å². The zero-order chi connectivity index (χ0) is 18.5. The third-order valence-corrected chi connectivity index (χ3v) is 4.95. The number of aromatic nitrogens is 1. The molecule has 138 valence electrons. The molecule has 1 amide bonds. The van der Waals surface area contributed by atoms with E-state index in [1.807, 2.05) is 6.07 Å². The summed E-state index contributed by atoms with van der Waals surface area (Å²) in [6.45, 7) is 3.31. The molecule has 2 heterocycles. The molecule has 2 aromatic rings. The number of benzene rings is 1. The highest BCUT2D eigenvalue weighted by atomic mass is 32.2. The number of hydrogen-bond donors (Lipinski definition) is 1. The van der Waals surface area contributed by atoms with Gasteiger partial charge in [-0.3, -0.25) is 14.5 Å². The van der Waals surface area contributed by atoms with E-state index >= 15 is 0 Å². The first kappa shape index (κ1) is 18.7. The van der Waals surface area contributed by atoms with E-state index in [1.165, 1.54) is 11.0 Å². The standard InChI is InChI=1S/C19H22FN3O2S/c1-3-26-22-6-7-25-15-8-14(11-21-12-15)16-9-13-4-5-19(24)23(2)18(13)10-17(16)20/h8-12,22H,3-7H2,1-2H3. The normalized spacial score (nSPS) is 13.7. The molecular formula is C19H22FN3O2S. The largest absolute Gasteiger partial charge is 0.491 e. The van der Waals surface area contributed by atoms with Gasteiger partial charge in [0.15, 0.2) is 0 Å². The average Bonchev–Trinajstić information content (AvgIpc) is 2.65. The number of carbonyl (C=O) groups is 1. The highest BCUT2D eigenvalue weighted by Gasteiger charge is 2.23. The number of hydrogen-bond acceptors (Lipinski definition) is 5. The molecule has 1 aliphatic rings. The molecule has 0 atom stereocenters. The third-order valence-electron chi connectivity index (χ3n) is 4.26. The SMILES string of the molecule is CCSNCCOc1cncc(-c2cc3c(cc2F)N(C)C(=O)CC3)c1. The molecule has 1 aromatic carbocycles. The summed E-state index contributed by atoms with van der Waals surface area (Å²) in [7, 11) is 1.68. The molecule has 1 N–H and O–H groups in total. The van der Waals surface area contributed by atoms with Crippen molar-refractivity contribution >= 4 is 23.5 Å². The molecule has 0 radical (unpaired) electrons. The van der Waals surface area contributed by atoms with Crippen molar-refractivity contribution in [2.75, 3.05) is 30.9 Å². The van der Waals surface area contributed by atoms with E-state index in [4.69, 9.17) is 4.74 Å². The summed E-state index contributed by atoms with van der Waals surface area (Å²) < 4.78 is 23.5. The maximum atomic E-state index is 14.7. The smallest absolute Gasteiger partial charge is 0.227 e. The average molecular weight is 375 g/mol. The predicted octanol–water partition coefficient (Wildman–Crippen LogP) is 3.43. The fourth-order valence-corrected chi connectivity index (χ4v) is 3.35. The summed E-state index contributed by atoms with van der Waals surface area (Å²) in [5.41, 5.74) is 2.75. The molecule has 7 heteroatoms. The summed E-state index contributed by atoms with van der Waals surface area (Å²) in [6.07, 6.45) is 4.31. The molecule has 0 saturated heterocycles. The zero-order valence-electron chi connectivity index (χ0n) is 14.9. The zero-order valence-corrected chi connectivity index (χ0v) is 15.7. The van der Waals surface area contributed by atoms with Crippen LogP contribution in [-0.4, -0.2) is 36.8 Å². The van der Waals surface area contributed by atoms with E-state index in [0.29, 0.717) is 42.0 Å². The van der Waals surface area contributed by atoms with Crippen LogP contribution in [0, 0.1) is 5.82 Å². The molecule has 0 bridgehead atoms. The van der Waals surface area contributed by atoms with Gasteiger partial charge in [0, 0.05) is 48.8 Å². The van der Waals surface area contributed by atoms with Gasteiger partial charge in [0.1, 0.15) is 18.2 Å². The summed E-state index contributed by atoms with van der Waals surface area (Å²) in [6, 6.07) is 5.04. The molecule has 0 unspecified atom stereocenters. The minimum atomic E-state index is -0.370. The second kappa shape index (κ2) is 8.51. The number of nitrogens with zero attached hydrogens (tertiary/aromatic N) is 2. The first-order valence-electron chi connectivity index (χ1n) is 8.62. The van der Waals surface area contributed by atoms with Gasteiger partial charge in [-0.25, -0.2) is 4.39 Å². The van der Waals surface area contributed by atoms with Crippen LogP contribution in [0.1, 0.15) is 18.9 Å². The summed E-state index contributed by atoms with van der Waals surface area (Å²) in [5.74, 6) is 1.24. The first-order valence-corrected chi connectivity index (χ1v) is 9.60. The summed E-state index contributed by atoms with van der Waals surface area (Å²) in [4.78, 5) is 17.5. The van der Waals surface area contributed by atoms with Gasteiger partial charge in [-0.1, -0.05) is 18.9 Å². The van der Waals surface area contributed by atoms with Crippen LogP contribution in [0.4, 0.5) is 10.1 Å². The molecule has 1 aliphatic heterocycles. The van der Waals surface area contributed by atoms with Gasteiger partial charge in [-0.05, 0) is 30.2 Å². The van der Waals surface area contributed by atoms with Crippen molar-refractivity contribution in [3.05, 3.63) is 42.0 Å². The lowest BCUT2D eigenvalue weighted by molar-refractivity contribution is -0.118. The van der Waals surface area contributed by atoms with Gasteiger partial charge in [-0.2, -0.15) is 0 Å². The van der Waals surface area contributed by atoms with Gasteiger partial charge in [0.25, 0.3) is 0 Å². The van der Waals surface area contributed by atoms with Gasteiger partial charge in [-0.15, -0.1) is 0 Å². The van der Waals surface area contributed by atoms with Gasteiger partial charge in [0.05, 0.1) is 6.20 Å². The Morgan fingerprint density at radius 2 is 2.15 bits per heavy atom. The fourth-order valence-electron chi connectivity index (χ4n) is 2.91.